The molecule has 4 aliphatic rings. The summed E-state index contributed by atoms with van der Waals surface area (Å²) in [6.07, 6.45) is 1.52. The molecule has 0 aromatic heterocycles. The van der Waals surface area contributed by atoms with Crippen molar-refractivity contribution in [2.45, 2.75) is 83.1 Å². The standard InChI is InChI=1S/C23H32F3NO2/c1-20-10-8-18-16(17(20)7-5-14(20)9-11-27)6-4-15-12-22(28,23(24,25)26)19(29-3)13-21(15,18)2/h9,15-19,28H,4-8,10,12-13H2,1-3H3. The van der Waals surface area contributed by atoms with E-state index in [2.05, 4.69) is 19.9 Å². The van der Waals surface area contributed by atoms with Gasteiger partial charge in [0.2, 0.25) is 0 Å². The summed E-state index contributed by atoms with van der Waals surface area (Å²) in [5.74, 6) is 1.20. The first-order valence-corrected chi connectivity index (χ1v) is 10.9. The second-order valence-electron chi connectivity index (χ2n) is 10.5. The Morgan fingerprint density at radius 3 is 2.48 bits per heavy atom. The maximum absolute atomic E-state index is 13.8. The molecule has 0 aromatic carbocycles. The molecule has 4 rings (SSSR count). The van der Waals surface area contributed by atoms with Crippen LogP contribution in [0.4, 0.5) is 13.2 Å². The highest BCUT2D eigenvalue weighted by Gasteiger charge is 2.68. The zero-order valence-corrected chi connectivity index (χ0v) is 17.6. The number of methoxy groups -OCH3 is 1. The molecular formula is C23H32F3NO2. The topological polar surface area (TPSA) is 53.2 Å². The minimum Gasteiger partial charge on any atom is -0.378 e. The average molecular weight is 412 g/mol. The number of allylic oxidation sites excluding steroid dienone is 2. The maximum Gasteiger partial charge on any atom is 0.419 e. The number of ether oxygens (including phenoxy) is 1. The average Bonchev–Trinajstić information content (AvgIpc) is 2.98. The van der Waals surface area contributed by atoms with Gasteiger partial charge in [0.1, 0.15) is 0 Å². The van der Waals surface area contributed by atoms with E-state index >= 15 is 0 Å². The summed E-state index contributed by atoms with van der Waals surface area (Å²) in [4.78, 5) is 0. The molecule has 4 aliphatic carbocycles. The van der Waals surface area contributed by atoms with Crippen LogP contribution in [0.5, 0.6) is 0 Å². The lowest BCUT2D eigenvalue weighted by Crippen LogP contribution is -2.65. The molecule has 0 aliphatic heterocycles. The maximum atomic E-state index is 13.8. The predicted molar refractivity (Wildman–Crippen MR) is 103 cm³/mol. The second-order valence-corrected chi connectivity index (χ2v) is 10.5. The lowest BCUT2D eigenvalue weighted by molar-refractivity contribution is -0.325. The highest BCUT2D eigenvalue weighted by molar-refractivity contribution is 5.28. The van der Waals surface area contributed by atoms with Gasteiger partial charge in [0.25, 0.3) is 0 Å². The summed E-state index contributed by atoms with van der Waals surface area (Å²) >= 11 is 0. The number of nitriles is 1. The van der Waals surface area contributed by atoms with Crippen LogP contribution in [-0.2, 0) is 4.74 Å². The van der Waals surface area contributed by atoms with Gasteiger partial charge in [-0.05, 0) is 85.9 Å². The van der Waals surface area contributed by atoms with E-state index < -0.39 is 17.9 Å². The largest absolute Gasteiger partial charge is 0.419 e. The molecule has 162 valence electrons. The highest BCUT2D eigenvalue weighted by atomic mass is 19.4. The fourth-order valence-electron chi connectivity index (χ4n) is 8.00. The number of alkyl halides is 3. The highest BCUT2D eigenvalue weighted by Crippen LogP contribution is 2.68. The molecular weight excluding hydrogens is 379 g/mol. The minimum atomic E-state index is -4.68. The van der Waals surface area contributed by atoms with Gasteiger partial charge in [0, 0.05) is 13.2 Å². The van der Waals surface area contributed by atoms with E-state index in [-0.39, 0.29) is 29.6 Å². The third-order valence-electron chi connectivity index (χ3n) is 9.64. The molecule has 4 saturated carbocycles. The van der Waals surface area contributed by atoms with Crippen LogP contribution in [0.15, 0.2) is 11.6 Å². The van der Waals surface area contributed by atoms with Crippen LogP contribution in [-0.4, -0.2) is 30.1 Å². The van der Waals surface area contributed by atoms with E-state index in [1.807, 2.05) is 0 Å². The van der Waals surface area contributed by atoms with Crippen molar-refractivity contribution in [3.8, 4) is 6.07 Å². The summed E-state index contributed by atoms with van der Waals surface area (Å²) in [5, 5.41) is 19.8. The molecule has 29 heavy (non-hydrogen) atoms. The van der Waals surface area contributed by atoms with Crippen molar-refractivity contribution >= 4 is 0 Å². The molecule has 8 atom stereocenters. The lowest BCUT2D eigenvalue weighted by Gasteiger charge is -2.62. The zero-order chi connectivity index (χ0) is 21.2. The third kappa shape index (κ3) is 2.83. The Bertz CT molecular complexity index is 743. The van der Waals surface area contributed by atoms with Crippen molar-refractivity contribution in [3.05, 3.63) is 11.6 Å². The van der Waals surface area contributed by atoms with E-state index in [1.54, 1.807) is 6.08 Å². The van der Waals surface area contributed by atoms with Gasteiger partial charge < -0.3 is 9.84 Å². The van der Waals surface area contributed by atoms with Gasteiger partial charge in [0.15, 0.2) is 5.60 Å². The molecule has 0 saturated heterocycles. The molecule has 0 aromatic rings. The number of hydrogen-bond donors (Lipinski definition) is 1. The summed E-state index contributed by atoms with van der Waals surface area (Å²) < 4.78 is 46.5. The number of halogens is 3. The molecule has 0 bridgehead atoms. The summed E-state index contributed by atoms with van der Waals surface area (Å²) in [7, 11) is 1.29. The summed E-state index contributed by atoms with van der Waals surface area (Å²) in [5.41, 5.74) is -1.68. The number of nitrogens with zero attached hydrogens (tertiary/aromatic N) is 1. The Morgan fingerprint density at radius 1 is 1.14 bits per heavy atom. The van der Waals surface area contributed by atoms with Crippen molar-refractivity contribution in [1.82, 2.24) is 0 Å². The first-order chi connectivity index (χ1) is 13.5. The molecule has 8 unspecified atom stereocenters. The Balaban J connectivity index is 1.65. The van der Waals surface area contributed by atoms with Crippen LogP contribution in [0, 0.1) is 45.8 Å². The molecule has 0 heterocycles. The van der Waals surface area contributed by atoms with Crippen molar-refractivity contribution in [1.29, 1.82) is 5.26 Å². The molecule has 0 spiro atoms. The Kier molecular flexibility index (Phi) is 4.91. The van der Waals surface area contributed by atoms with E-state index in [9.17, 15) is 23.5 Å². The molecule has 1 N–H and O–H groups in total. The Hall–Kier alpha value is -1.06. The first-order valence-electron chi connectivity index (χ1n) is 10.9. The smallest absolute Gasteiger partial charge is 0.378 e. The van der Waals surface area contributed by atoms with Crippen LogP contribution < -0.4 is 0 Å². The van der Waals surface area contributed by atoms with Gasteiger partial charge in [-0.15, -0.1) is 0 Å². The molecule has 3 nitrogen and oxygen atoms in total. The quantitative estimate of drug-likeness (QED) is 0.588. The van der Waals surface area contributed by atoms with Gasteiger partial charge in [-0.1, -0.05) is 19.4 Å². The van der Waals surface area contributed by atoms with Crippen molar-refractivity contribution in [3.63, 3.8) is 0 Å². The number of rotatable bonds is 1. The summed E-state index contributed by atoms with van der Waals surface area (Å²) in [6.45, 7) is 4.44. The van der Waals surface area contributed by atoms with Crippen LogP contribution >= 0.6 is 0 Å². The lowest BCUT2D eigenvalue weighted by atomic mass is 9.43. The fraction of sp³-hybridized carbons (Fsp3) is 0.870. The van der Waals surface area contributed by atoms with Crippen LogP contribution in [0.25, 0.3) is 0 Å². The zero-order valence-electron chi connectivity index (χ0n) is 17.6. The van der Waals surface area contributed by atoms with Crippen LogP contribution in [0.1, 0.15) is 65.2 Å². The predicted octanol–water partition coefficient (Wildman–Crippen LogP) is 5.40. The van der Waals surface area contributed by atoms with Crippen molar-refractivity contribution in [2.24, 2.45) is 34.5 Å². The minimum absolute atomic E-state index is 0.0577. The molecule has 4 fully saturated rings. The third-order valence-corrected chi connectivity index (χ3v) is 9.64. The van der Waals surface area contributed by atoms with Crippen molar-refractivity contribution < 1.29 is 23.0 Å². The fourth-order valence-corrected chi connectivity index (χ4v) is 8.00. The van der Waals surface area contributed by atoms with Gasteiger partial charge in [0.05, 0.1) is 12.2 Å². The van der Waals surface area contributed by atoms with E-state index in [0.29, 0.717) is 17.8 Å². The first kappa shape index (κ1) is 21.2. The molecule has 6 heteroatoms. The number of fused-ring (bicyclic) bond motifs is 5. The van der Waals surface area contributed by atoms with E-state index in [4.69, 9.17) is 4.74 Å². The van der Waals surface area contributed by atoms with Gasteiger partial charge in [-0.2, -0.15) is 18.4 Å². The normalized spacial score (nSPS) is 51.1. The van der Waals surface area contributed by atoms with Crippen LogP contribution in [0.3, 0.4) is 0 Å². The van der Waals surface area contributed by atoms with E-state index in [1.165, 1.54) is 12.7 Å². The van der Waals surface area contributed by atoms with E-state index in [0.717, 1.165) is 38.5 Å². The van der Waals surface area contributed by atoms with Crippen molar-refractivity contribution in [2.75, 3.05) is 7.11 Å². The monoisotopic (exact) mass is 411 g/mol. The number of hydrogen-bond acceptors (Lipinski definition) is 3. The van der Waals surface area contributed by atoms with Gasteiger partial charge in [-0.3, -0.25) is 0 Å². The molecule has 0 amide bonds. The van der Waals surface area contributed by atoms with Gasteiger partial charge in [-0.25, -0.2) is 0 Å². The Labute approximate surface area is 171 Å². The molecule has 0 radical (unpaired) electrons. The van der Waals surface area contributed by atoms with Crippen LogP contribution in [0.2, 0.25) is 0 Å². The summed E-state index contributed by atoms with van der Waals surface area (Å²) in [6, 6.07) is 2.22. The van der Waals surface area contributed by atoms with Gasteiger partial charge >= 0.3 is 6.18 Å². The number of aliphatic hydroxyl groups is 1. The second kappa shape index (κ2) is 6.72. The Morgan fingerprint density at radius 2 is 1.86 bits per heavy atom. The SMILES string of the molecule is COC1CC2(C)C(CCC3C4CCC(=CC#N)C4(C)CCC32)CC1(O)C(F)(F)F.